The summed E-state index contributed by atoms with van der Waals surface area (Å²) in [5, 5.41) is 0. The molecule has 0 aliphatic rings. The molecule has 0 bridgehead atoms. The second-order valence-electron chi connectivity index (χ2n) is 4.11. The maximum absolute atomic E-state index is 5.60. The van der Waals surface area contributed by atoms with E-state index < -0.39 is 0 Å². The minimum atomic E-state index is 0.678. The lowest BCUT2D eigenvalue weighted by Gasteiger charge is -2.05. The zero-order valence-electron chi connectivity index (χ0n) is 10.8. The molecule has 1 heterocycles. The van der Waals surface area contributed by atoms with Crippen molar-refractivity contribution < 1.29 is 9.30 Å². The van der Waals surface area contributed by atoms with Crippen LogP contribution in [-0.2, 0) is 24.3 Å². The summed E-state index contributed by atoms with van der Waals surface area (Å²) >= 11 is 0. The van der Waals surface area contributed by atoms with E-state index in [9.17, 15) is 0 Å². The van der Waals surface area contributed by atoms with Gasteiger partial charge in [-0.15, -0.1) is 0 Å². The van der Waals surface area contributed by atoms with E-state index >= 15 is 0 Å². The number of rotatable bonds is 7. The van der Waals surface area contributed by atoms with Gasteiger partial charge in [0.2, 0.25) is 0 Å². The van der Waals surface area contributed by atoms with Gasteiger partial charge in [0.05, 0.1) is 6.61 Å². The Kier molecular flexibility index (Phi) is 6.09. The molecule has 0 saturated carbocycles. The van der Waals surface area contributed by atoms with Gasteiger partial charge in [-0.25, -0.2) is 0 Å². The van der Waals surface area contributed by atoms with E-state index in [0.29, 0.717) is 6.73 Å². The highest BCUT2D eigenvalue weighted by Gasteiger charge is 2.06. The van der Waals surface area contributed by atoms with Crippen molar-refractivity contribution in [3.05, 3.63) is 29.6 Å². The highest BCUT2D eigenvalue weighted by molar-refractivity contribution is 5.20. The van der Waals surface area contributed by atoms with Crippen LogP contribution in [0.25, 0.3) is 0 Å². The summed E-state index contributed by atoms with van der Waals surface area (Å²) in [5.74, 6) is 0. The lowest BCUT2D eigenvalue weighted by atomic mass is 10.1. The van der Waals surface area contributed by atoms with Crippen LogP contribution in [0.4, 0.5) is 0 Å². The van der Waals surface area contributed by atoms with Crippen molar-refractivity contribution in [2.45, 2.75) is 53.2 Å². The highest BCUT2D eigenvalue weighted by Crippen LogP contribution is 2.07. The van der Waals surface area contributed by atoms with E-state index in [1.54, 1.807) is 0 Å². The van der Waals surface area contributed by atoms with Gasteiger partial charge >= 0.3 is 0 Å². The van der Waals surface area contributed by atoms with Gasteiger partial charge in [-0.1, -0.05) is 27.2 Å². The Morgan fingerprint density at radius 2 is 1.88 bits per heavy atom. The molecule has 1 aromatic heterocycles. The number of hydrogen-bond donors (Lipinski definition) is 0. The van der Waals surface area contributed by atoms with E-state index in [2.05, 4.69) is 43.8 Å². The van der Waals surface area contributed by atoms with Crippen molar-refractivity contribution in [2.75, 3.05) is 6.61 Å². The zero-order chi connectivity index (χ0) is 11.8. The molecule has 0 spiro atoms. The molecule has 90 valence electrons. The summed E-state index contributed by atoms with van der Waals surface area (Å²) in [4.78, 5) is 0. The Hall–Kier alpha value is -0.890. The molecule has 16 heavy (non-hydrogen) atoms. The van der Waals surface area contributed by atoms with Crippen LogP contribution in [-0.4, -0.2) is 6.61 Å². The molecule has 0 aliphatic heterocycles. The molecule has 2 heteroatoms. The van der Waals surface area contributed by atoms with Gasteiger partial charge < -0.3 is 4.74 Å². The van der Waals surface area contributed by atoms with Crippen LogP contribution in [0.2, 0.25) is 0 Å². The van der Waals surface area contributed by atoms with Gasteiger partial charge in [-0.05, 0) is 24.8 Å². The molecule has 0 unspecified atom stereocenters. The molecular weight excluding hydrogens is 198 g/mol. The van der Waals surface area contributed by atoms with E-state index in [0.717, 1.165) is 25.9 Å². The fraction of sp³-hybridized carbons (Fsp3) is 0.643. The van der Waals surface area contributed by atoms with Crippen molar-refractivity contribution >= 4 is 0 Å². The van der Waals surface area contributed by atoms with Crippen LogP contribution in [0.5, 0.6) is 0 Å². The van der Waals surface area contributed by atoms with Gasteiger partial charge in [0.15, 0.2) is 12.4 Å². The second kappa shape index (κ2) is 7.39. The van der Waals surface area contributed by atoms with E-state index in [4.69, 9.17) is 4.74 Å². The average Bonchev–Trinajstić information content (AvgIpc) is 2.34. The largest absolute Gasteiger partial charge is 0.323 e. The summed E-state index contributed by atoms with van der Waals surface area (Å²) in [6, 6.07) is 2.21. The molecule has 0 amide bonds. The SMILES string of the molecule is CCCCOC[n+]1ccc(CC)c(CC)c1. The first-order valence-electron chi connectivity index (χ1n) is 6.40. The molecule has 1 aromatic rings. The minimum absolute atomic E-state index is 0.678. The van der Waals surface area contributed by atoms with Crippen LogP contribution in [0.15, 0.2) is 18.5 Å². The van der Waals surface area contributed by atoms with Crippen molar-refractivity contribution in [3.8, 4) is 0 Å². The van der Waals surface area contributed by atoms with E-state index in [1.807, 2.05) is 0 Å². The van der Waals surface area contributed by atoms with Crippen LogP contribution < -0.4 is 4.57 Å². The Morgan fingerprint density at radius 3 is 2.50 bits per heavy atom. The Labute approximate surface area is 99.3 Å². The lowest BCUT2D eigenvalue weighted by molar-refractivity contribution is -0.733. The second-order valence-corrected chi connectivity index (χ2v) is 4.11. The van der Waals surface area contributed by atoms with E-state index in [-0.39, 0.29) is 0 Å². The molecule has 0 radical (unpaired) electrons. The normalized spacial score (nSPS) is 10.7. The molecule has 0 saturated heterocycles. The number of nitrogens with zero attached hydrogens (tertiary/aromatic N) is 1. The molecule has 0 aromatic carbocycles. The van der Waals surface area contributed by atoms with Gasteiger partial charge in [0, 0.05) is 11.6 Å². The van der Waals surface area contributed by atoms with Crippen molar-refractivity contribution in [3.63, 3.8) is 0 Å². The van der Waals surface area contributed by atoms with Gasteiger partial charge in [-0.3, -0.25) is 0 Å². The van der Waals surface area contributed by atoms with Crippen molar-refractivity contribution in [2.24, 2.45) is 0 Å². The zero-order valence-corrected chi connectivity index (χ0v) is 10.8. The third kappa shape index (κ3) is 3.93. The summed E-state index contributed by atoms with van der Waals surface area (Å²) in [5.41, 5.74) is 2.89. The standard InChI is InChI=1S/C14H24NO/c1-4-7-10-16-12-15-9-8-13(5-2)14(6-3)11-15/h8-9,11H,4-7,10,12H2,1-3H3/q+1. The van der Waals surface area contributed by atoms with Crippen LogP contribution in [0, 0.1) is 0 Å². The Morgan fingerprint density at radius 1 is 1.12 bits per heavy atom. The molecule has 0 fully saturated rings. The lowest BCUT2D eigenvalue weighted by Crippen LogP contribution is -2.35. The number of aryl methyl sites for hydroxylation is 2. The molecule has 0 atom stereocenters. The molecule has 2 nitrogen and oxygen atoms in total. The monoisotopic (exact) mass is 222 g/mol. The highest BCUT2D eigenvalue weighted by atomic mass is 16.5. The summed E-state index contributed by atoms with van der Waals surface area (Å²) < 4.78 is 7.73. The van der Waals surface area contributed by atoms with Crippen LogP contribution in [0.3, 0.4) is 0 Å². The maximum Gasteiger partial charge on any atom is 0.252 e. The third-order valence-electron chi connectivity index (χ3n) is 2.85. The Bertz CT molecular complexity index is 310. The van der Waals surface area contributed by atoms with Crippen LogP contribution >= 0.6 is 0 Å². The van der Waals surface area contributed by atoms with Crippen LogP contribution in [0.1, 0.15) is 44.7 Å². The molecule has 0 N–H and O–H groups in total. The number of pyridine rings is 1. The summed E-state index contributed by atoms with van der Waals surface area (Å²) in [6.45, 7) is 8.13. The topological polar surface area (TPSA) is 13.1 Å². The predicted molar refractivity (Wildman–Crippen MR) is 66.3 cm³/mol. The van der Waals surface area contributed by atoms with Crippen molar-refractivity contribution in [1.82, 2.24) is 0 Å². The van der Waals surface area contributed by atoms with Gasteiger partial charge in [0.1, 0.15) is 0 Å². The number of unbranched alkanes of at least 4 members (excludes halogenated alkanes) is 1. The van der Waals surface area contributed by atoms with E-state index in [1.165, 1.54) is 17.5 Å². The molecule has 1 rings (SSSR count). The van der Waals surface area contributed by atoms with Crippen molar-refractivity contribution in [1.29, 1.82) is 0 Å². The fourth-order valence-electron chi connectivity index (χ4n) is 1.78. The Balaban J connectivity index is 2.54. The fourth-order valence-corrected chi connectivity index (χ4v) is 1.78. The first-order chi connectivity index (χ1) is 7.81. The van der Waals surface area contributed by atoms with Gasteiger partial charge in [-0.2, -0.15) is 4.57 Å². The molecule has 0 aliphatic carbocycles. The summed E-state index contributed by atoms with van der Waals surface area (Å²) in [7, 11) is 0. The number of ether oxygens (including phenoxy) is 1. The minimum Gasteiger partial charge on any atom is -0.323 e. The number of aromatic nitrogens is 1. The smallest absolute Gasteiger partial charge is 0.252 e. The first-order valence-corrected chi connectivity index (χ1v) is 6.40. The molecular formula is C14H24NO+. The number of hydrogen-bond acceptors (Lipinski definition) is 1. The maximum atomic E-state index is 5.60. The third-order valence-corrected chi connectivity index (χ3v) is 2.85. The first kappa shape index (κ1) is 13.2. The quantitative estimate of drug-likeness (QED) is 0.511. The average molecular weight is 222 g/mol. The summed E-state index contributed by atoms with van der Waals surface area (Å²) in [6.07, 6.45) is 8.88. The predicted octanol–water partition coefficient (Wildman–Crippen LogP) is 2.87. The van der Waals surface area contributed by atoms with Gasteiger partial charge in [0.25, 0.3) is 6.73 Å².